The molecule has 29 heavy (non-hydrogen) atoms. The Balaban J connectivity index is 1.83. The van der Waals surface area contributed by atoms with Crippen LogP contribution >= 0.6 is 0 Å². The van der Waals surface area contributed by atoms with Gasteiger partial charge < -0.3 is 15.1 Å². The first kappa shape index (κ1) is 20.2. The molecule has 2 N–H and O–H groups in total. The molecule has 8 heteroatoms. The molecule has 3 aromatic rings. The first-order valence-corrected chi connectivity index (χ1v) is 8.70. The van der Waals surface area contributed by atoms with Crippen LogP contribution in [0.4, 0.5) is 18.9 Å². The van der Waals surface area contributed by atoms with Crippen molar-refractivity contribution in [3.8, 4) is 0 Å². The number of furan rings is 1. The molecule has 1 heterocycles. The summed E-state index contributed by atoms with van der Waals surface area (Å²) >= 11 is 0. The highest BCUT2D eigenvalue weighted by atomic mass is 19.4. The number of anilines is 1. The number of hydrogen-bond acceptors (Lipinski definition) is 3. The summed E-state index contributed by atoms with van der Waals surface area (Å²) in [7, 11) is 0. The van der Waals surface area contributed by atoms with Crippen LogP contribution in [0.15, 0.2) is 77.4 Å². The van der Waals surface area contributed by atoms with Crippen LogP contribution in [0.3, 0.4) is 0 Å². The number of alkyl halides is 3. The molecule has 0 bridgehead atoms. The molecule has 0 spiro atoms. The lowest BCUT2D eigenvalue weighted by molar-refractivity contribution is -0.137. The molecular formula is C21H17F3N2O3. The van der Waals surface area contributed by atoms with Crippen molar-refractivity contribution in [2.24, 2.45) is 0 Å². The van der Waals surface area contributed by atoms with E-state index in [1.165, 1.54) is 30.5 Å². The molecule has 1 atom stereocenters. The van der Waals surface area contributed by atoms with Crippen LogP contribution < -0.4 is 10.6 Å². The summed E-state index contributed by atoms with van der Waals surface area (Å²) in [6.07, 6.45) is -3.23. The molecule has 0 fully saturated rings. The van der Waals surface area contributed by atoms with Crippen LogP contribution in [0.5, 0.6) is 0 Å². The third-order valence-electron chi connectivity index (χ3n) is 4.14. The Hall–Kier alpha value is -3.55. The highest BCUT2D eigenvalue weighted by Gasteiger charge is 2.34. The van der Waals surface area contributed by atoms with Gasteiger partial charge in [0, 0.05) is 6.42 Å². The van der Waals surface area contributed by atoms with Gasteiger partial charge in [-0.15, -0.1) is 0 Å². The second kappa shape index (κ2) is 8.64. The van der Waals surface area contributed by atoms with Crippen LogP contribution in [0.2, 0.25) is 0 Å². The predicted octanol–water partition coefficient (Wildman–Crippen LogP) is 4.28. The van der Waals surface area contributed by atoms with Crippen molar-refractivity contribution in [2.45, 2.75) is 18.6 Å². The number of benzene rings is 2. The summed E-state index contributed by atoms with van der Waals surface area (Å²) < 4.78 is 44.6. The topological polar surface area (TPSA) is 71.3 Å². The number of rotatable bonds is 6. The molecule has 1 aromatic heterocycles. The van der Waals surface area contributed by atoms with Gasteiger partial charge in [-0.3, -0.25) is 9.59 Å². The minimum Gasteiger partial charge on any atom is -0.459 e. The molecule has 0 aliphatic heterocycles. The maximum Gasteiger partial charge on any atom is 0.418 e. The highest BCUT2D eigenvalue weighted by molar-refractivity contribution is 6.00. The smallest absolute Gasteiger partial charge is 0.418 e. The van der Waals surface area contributed by atoms with Crippen LogP contribution in [0.25, 0.3) is 0 Å². The number of nitrogens with one attached hydrogen (secondary N) is 2. The fraction of sp³-hybridized carbons (Fsp3) is 0.143. The van der Waals surface area contributed by atoms with E-state index in [2.05, 4.69) is 10.6 Å². The number of carbonyl (C=O) groups excluding carboxylic acids is 2. The Bertz CT molecular complexity index is 970. The van der Waals surface area contributed by atoms with E-state index < -0.39 is 29.6 Å². The minimum absolute atomic E-state index is 0.00782. The van der Waals surface area contributed by atoms with Gasteiger partial charge >= 0.3 is 6.18 Å². The van der Waals surface area contributed by atoms with Crippen LogP contribution in [-0.2, 0) is 17.4 Å². The maximum atomic E-state index is 13.2. The summed E-state index contributed by atoms with van der Waals surface area (Å²) in [5.74, 6) is -1.42. The van der Waals surface area contributed by atoms with Gasteiger partial charge in [0.05, 0.1) is 17.5 Å². The Kier molecular flexibility index (Phi) is 6.01. The molecule has 0 radical (unpaired) electrons. The average molecular weight is 402 g/mol. The zero-order valence-corrected chi connectivity index (χ0v) is 15.1. The molecular weight excluding hydrogens is 385 g/mol. The molecule has 2 aromatic carbocycles. The van der Waals surface area contributed by atoms with E-state index in [1.54, 1.807) is 30.3 Å². The molecule has 150 valence electrons. The largest absolute Gasteiger partial charge is 0.459 e. The monoisotopic (exact) mass is 402 g/mol. The standard InChI is InChI=1S/C21H17F3N2O3/c22-21(23,24)15-9-4-5-10-16(15)25-19(27)17(13-14-7-2-1-3-8-14)26-20(28)18-11-6-12-29-18/h1-12,17H,13H2,(H,25,27)(H,26,28). The van der Waals surface area contributed by atoms with E-state index in [0.717, 1.165) is 17.7 Å². The van der Waals surface area contributed by atoms with Crippen LogP contribution in [0.1, 0.15) is 21.7 Å². The quantitative estimate of drug-likeness (QED) is 0.647. The van der Waals surface area contributed by atoms with Crippen molar-refractivity contribution < 1.29 is 27.2 Å². The van der Waals surface area contributed by atoms with Gasteiger partial charge in [0.1, 0.15) is 6.04 Å². The molecule has 0 aliphatic carbocycles. The van der Waals surface area contributed by atoms with Crippen LogP contribution in [-0.4, -0.2) is 17.9 Å². The van der Waals surface area contributed by atoms with Crippen molar-refractivity contribution >= 4 is 17.5 Å². The molecule has 0 saturated heterocycles. The molecule has 2 amide bonds. The van der Waals surface area contributed by atoms with E-state index in [4.69, 9.17) is 4.42 Å². The second-order valence-electron chi connectivity index (χ2n) is 6.23. The van der Waals surface area contributed by atoms with Crippen LogP contribution in [0, 0.1) is 0 Å². The zero-order chi connectivity index (χ0) is 20.9. The first-order valence-electron chi connectivity index (χ1n) is 8.70. The van der Waals surface area contributed by atoms with Gasteiger partial charge in [0.15, 0.2) is 5.76 Å². The first-order chi connectivity index (χ1) is 13.8. The second-order valence-corrected chi connectivity index (χ2v) is 6.23. The maximum absolute atomic E-state index is 13.2. The van der Waals surface area contributed by atoms with Gasteiger partial charge in [0.25, 0.3) is 5.91 Å². The predicted molar refractivity (Wildman–Crippen MR) is 100 cm³/mol. The van der Waals surface area contributed by atoms with Crippen molar-refractivity contribution in [1.82, 2.24) is 5.32 Å². The number of halogens is 3. The molecule has 1 unspecified atom stereocenters. The fourth-order valence-electron chi connectivity index (χ4n) is 2.76. The number of carbonyl (C=O) groups is 2. The third kappa shape index (κ3) is 5.25. The van der Waals surface area contributed by atoms with Gasteiger partial charge in [0.2, 0.25) is 5.91 Å². The van der Waals surface area contributed by atoms with E-state index in [-0.39, 0.29) is 17.9 Å². The van der Waals surface area contributed by atoms with Crippen molar-refractivity contribution in [3.63, 3.8) is 0 Å². The summed E-state index contributed by atoms with van der Waals surface area (Å²) in [5, 5.41) is 4.80. The van der Waals surface area contributed by atoms with E-state index in [9.17, 15) is 22.8 Å². The third-order valence-corrected chi connectivity index (χ3v) is 4.14. The Labute approximate surface area is 164 Å². The summed E-state index contributed by atoms with van der Waals surface area (Å²) in [5.41, 5.74) is -0.615. The van der Waals surface area contributed by atoms with Gasteiger partial charge in [-0.1, -0.05) is 42.5 Å². The van der Waals surface area contributed by atoms with Gasteiger partial charge in [-0.05, 0) is 29.8 Å². The van der Waals surface area contributed by atoms with Crippen molar-refractivity contribution in [1.29, 1.82) is 0 Å². The molecule has 0 aliphatic rings. The normalized spacial score (nSPS) is 12.2. The minimum atomic E-state index is -4.63. The van der Waals surface area contributed by atoms with Gasteiger partial charge in [-0.25, -0.2) is 0 Å². The zero-order valence-electron chi connectivity index (χ0n) is 15.1. The van der Waals surface area contributed by atoms with Crippen molar-refractivity contribution in [3.05, 3.63) is 89.9 Å². The van der Waals surface area contributed by atoms with E-state index >= 15 is 0 Å². The molecule has 3 rings (SSSR count). The molecule has 0 saturated carbocycles. The van der Waals surface area contributed by atoms with E-state index in [1.807, 2.05) is 0 Å². The number of para-hydroxylation sites is 1. The Morgan fingerprint density at radius 3 is 2.28 bits per heavy atom. The lowest BCUT2D eigenvalue weighted by atomic mass is 10.0. The SMILES string of the molecule is O=C(NC(Cc1ccccc1)C(=O)Nc1ccccc1C(F)(F)F)c1ccco1. The van der Waals surface area contributed by atoms with Gasteiger partial charge in [-0.2, -0.15) is 13.2 Å². The molecule has 5 nitrogen and oxygen atoms in total. The van der Waals surface area contributed by atoms with Crippen molar-refractivity contribution in [2.75, 3.05) is 5.32 Å². The fourth-order valence-corrected chi connectivity index (χ4v) is 2.76. The lowest BCUT2D eigenvalue weighted by Crippen LogP contribution is -2.45. The number of hydrogen-bond donors (Lipinski definition) is 2. The highest BCUT2D eigenvalue weighted by Crippen LogP contribution is 2.34. The average Bonchev–Trinajstić information content (AvgIpc) is 3.23. The van der Waals surface area contributed by atoms with E-state index in [0.29, 0.717) is 0 Å². The summed E-state index contributed by atoms with van der Waals surface area (Å²) in [6.45, 7) is 0. The Morgan fingerprint density at radius 2 is 1.62 bits per heavy atom. The summed E-state index contributed by atoms with van der Waals surface area (Å²) in [6, 6.07) is 15.3. The number of amides is 2. The Morgan fingerprint density at radius 1 is 0.931 bits per heavy atom. The summed E-state index contributed by atoms with van der Waals surface area (Å²) in [4.78, 5) is 25.1. The lowest BCUT2D eigenvalue weighted by Gasteiger charge is -2.20.